The van der Waals surface area contributed by atoms with E-state index in [9.17, 15) is 0 Å². The van der Waals surface area contributed by atoms with Gasteiger partial charge in [0.1, 0.15) is 0 Å². The van der Waals surface area contributed by atoms with Gasteiger partial charge in [0, 0.05) is 6.61 Å². The molecule has 0 radical (unpaired) electrons. The van der Waals surface area contributed by atoms with Crippen molar-refractivity contribution >= 4 is 0 Å². The van der Waals surface area contributed by atoms with Crippen LogP contribution in [-0.4, -0.2) is 11.7 Å². The second-order valence-electron chi connectivity index (χ2n) is 4.30. The van der Waals surface area contributed by atoms with Gasteiger partial charge in [-0.25, -0.2) is 0 Å². The monoisotopic (exact) mass is 182 g/mol. The highest BCUT2D eigenvalue weighted by Gasteiger charge is 2.18. The summed E-state index contributed by atoms with van der Waals surface area (Å²) in [6.07, 6.45) is 8.53. The van der Waals surface area contributed by atoms with Gasteiger partial charge in [-0.2, -0.15) is 0 Å². The van der Waals surface area contributed by atoms with Crippen molar-refractivity contribution in [2.45, 2.75) is 46.0 Å². The smallest absolute Gasteiger partial charge is 0.0465 e. The molecule has 0 aromatic heterocycles. The number of aliphatic hydroxyl groups excluding tert-OH is 1. The van der Waals surface area contributed by atoms with Crippen LogP contribution < -0.4 is 0 Å². The Bertz CT molecular complexity index is 158. The van der Waals surface area contributed by atoms with Crippen LogP contribution in [0.4, 0.5) is 0 Å². The van der Waals surface area contributed by atoms with Crippen LogP contribution in [0.1, 0.15) is 46.0 Å². The minimum atomic E-state index is 0.295. The molecule has 0 heterocycles. The van der Waals surface area contributed by atoms with Crippen molar-refractivity contribution in [2.75, 3.05) is 6.61 Å². The van der Waals surface area contributed by atoms with E-state index in [0.717, 1.165) is 18.3 Å². The molecule has 1 nitrogen and oxygen atoms in total. The largest absolute Gasteiger partial charge is 0.396 e. The molecule has 1 fully saturated rings. The summed E-state index contributed by atoms with van der Waals surface area (Å²) >= 11 is 0. The van der Waals surface area contributed by atoms with E-state index < -0.39 is 0 Å². The highest BCUT2D eigenvalue weighted by atomic mass is 16.2. The van der Waals surface area contributed by atoms with Crippen molar-refractivity contribution in [1.29, 1.82) is 0 Å². The Hall–Kier alpha value is -0.300. The minimum absolute atomic E-state index is 0.295. The molecule has 0 bridgehead atoms. The summed E-state index contributed by atoms with van der Waals surface area (Å²) in [5.41, 5.74) is 1.59. The van der Waals surface area contributed by atoms with Crippen molar-refractivity contribution < 1.29 is 5.11 Å². The molecule has 1 N–H and O–H groups in total. The average Bonchev–Trinajstić information content (AvgIpc) is 2.26. The Morgan fingerprint density at radius 3 is 2.23 bits per heavy atom. The van der Waals surface area contributed by atoms with E-state index in [4.69, 9.17) is 5.11 Å². The molecule has 2 atom stereocenters. The molecule has 1 aliphatic rings. The van der Waals surface area contributed by atoms with Gasteiger partial charge >= 0.3 is 0 Å². The van der Waals surface area contributed by atoms with E-state index >= 15 is 0 Å². The highest BCUT2D eigenvalue weighted by Crippen LogP contribution is 2.32. The predicted molar refractivity (Wildman–Crippen MR) is 56.6 cm³/mol. The molecule has 1 aliphatic carbocycles. The second-order valence-corrected chi connectivity index (χ2v) is 4.30. The average molecular weight is 182 g/mol. The summed E-state index contributed by atoms with van der Waals surface area (Å²) in [5, 5.41) is 8.80. The van der Waals surface area contributed by atoms with Gasteiger partial charge in [0.15, 0.2) is 0 Å². The Morgan fingerprint density at radius 1 is 1.23 bits per heavy atom. The molecular formula is C12H22O. The lowest BCUT2D eigenvalue weighted by atomic mass is 9.88. The molecule has 0 aromatic carbocycles. The highest BCUT2D eigenvalue weighted by molar-refractivity contribution is 5.10. The quantitative estimate of drug-likeness (QED) is 0.514. The molecule has 76 valence electrons. The van der Waals surface area contributed by atoms with Crippen LogP contribution in [0.3, 0.4) is 0 Å². The Morgan fingerprint density at radius 2 is 1.77 bits per heavy atom. The van der Waals surface area contributed by atoms with Gasteiger partial charge in [0.2, 0.25) is 0 Å². The summed E-state index contributed by atoms with van der Waals surface area (Å²) in [5.74, 6) is 1.48. The maximum Gasteiger partial charge on any atom is 0.0465 e. The molecule has 0 amide bonds. The molecule has 0 spiro atoms. The normalized spacial score (nSPS) is 29.9. The topological polar surface area (TPSA) is 20.2 Å². The minimum Gasteiger partial charge on any atom is -0.396 e. The number of hydrogen-bond acceptors (Lipinski definition) is 1. The van der Waals surface area contributed by atoms with E-state index in [0.29, 0.717) is 6.61 Å². The van der Waals surface area contributed by atoms with Crippen molar-refractivity contribution in [3.8, 4) is 0 Å². The molecule has 1 heteroatoms. The first kappa shape index (κ1) is 10.8. The molecule has 0 aliphatic heterocycles. The molecule has 1 rings (SSSR count). The lowest BCUT2D eigenvalue weighted by molar-refractivity contribution is 0.301. The predicted octanol–water partition coefficient (Wildman–Crippen LogP) is 3.14. The number of rotatable bonds is 2. The maximum absolute atomic E-state index is 8.80. The zero-order chi connectivity index (χ0) is 9.68. The number of allylic oxidation sites excluding steroid dienone is 1. The zero-order valence-corrected chi connectivity index (χ0v) is 8.92. The molecule has 0 saturated heterocycles. The molecule has 0 aromatic rings. The van der Waals surface area contributed by atoms with Gasteiger partial charge in [-0.15, -0.1) is 0 Å². The van der Waals surface area contributed by atoms with Crippen LogP contribution in [0.5, 0.6) is 0 Å². The van der Waals surface area contributed by atoms with E-state index in [-0.39, 0.29) is 0 Å². The maximum atomic E-state index is 8.80. The van der Waals surface area contributed by atoms with Crippen LogP contribution in [-0.2, 0) is 0 Å². The van der Waals surface area contributed by atoms with Crippen LogP contribution in [0.15, 0.2) is 11.6 Å². The van der Waals surface area contributed by atoms with Gasteiger partial charge in [0.25, 0.3) is 0 Å². The second kappa shape index (κ2) is 5.43. The van der Waals surface area contributed by atoms with Crippen LogP contribution in [0.2, 0.25) is 0 Å². The third kappa shape index (κ3) is 3.15. The van der Waals surface area contributed by atoms with E-state index in [1.165, 1.54) is 25.7 Å². The lowest BCUT2D eigenvalue weighted by Gasteiger charge is -2.18. The Labute approximate surface area is 81.9 Å². The first-order valence-electron chi connectivity index (χ1n) is 5.56. The molecule has 13 heavy (non-hydrogen) atoms. The molecule has 1 saturated carbocycles. The van der Waals surface area contributed by atoms with Crippen molar-refractivity contribution in [1.82, 2.24) is 0 Å². The van der Waals surface area contributed by atoms with Crippen molar-refractivity contribution in [2.24, 2.45) is 11.8 Å². The number of aliphatic hydroxyl groups is 1. The van der Waals surface area contributed by atoms with Gasteiger partial charge < -0.3 is 5.11 Å². The zero-order valence-electron chi connectivity index (χ0n) is 8.92. The summed E-state index contributed by atoms with van der Waals surface area (Å²) in [4.78, 5) is 0. The standard InChI is InChI=1S/C12H22O/c1-10-6-3-4-7-11(2)12(10)8-5-9-13/h8,10-11,13H,3-7,9H2,1-2H3. The number of hydrogen-bond donors (Lipinski definition) is 1. The summed E-state index contributed by atoms with van der Waals surface area (Å²) in [7, 11) is 0. The van der Waals surface area contributed by atoms with Gasteiger partial charge in [-0.3, -0.25) is 0 Å². The SMILES string of the molecule is CC1CCCCC(C)C1=CCCO. The van der Waals surface area contributed by atoms with E-state index in [1.807, 2.05) is 0 Å². The van der Waals surface area contributed by atoms with E-state index in [1.54, 1.807) is 5.57 Å². The third-order valence-electron chi connectivity index (χ3n) is 3.17. The van der Waals surface area contributed by atoms with Gasteiger partial charge in [0.05, 0.1) is 0 Å². The fourth-order valence-electron chi connectivity index (χ4n) is 2.35. The fourth-order valence-corrected chi connectivity index (χ4v) is 2.35. The van der Waals surface area contributed by atoms with Crippen LogP contribution in [0, 0.1) is 11.8 Å². The van der Waals surface area contributed by atoms with E-state index in [2.05, 4.69) is 19.9 Å². The van der Waals surface area contributed by atoms with Crippen LogP contribution >= 0.6 is 0 Å². The molecular weight excluding hydrogens is 160 g/mol. The fraction of sp³-hybridized carbons (Fsp3) is 0.833. The lowest BCUT2D eigenvalue weighted by Crippen LogP contribution is -2.05. The third-order valence-corrected chi connectivity index (χ3v) is 3.17. The summed E-state index contributed by atoms with van der Waals surface area (Å²) in [6.45, 7) is 4.94. The van der Waals surface area contributed by atoms with Crippen molar-refractivity contribution in [3.63, 3.8) is 0 Å². The van der Waals surface area contributed by atoms with Crippen molar-refractivity contribution in [3.05, 3.63) is 11.6 Å². The Kier molecular flexibility index (Phi) is 4.51. The van der Waals surface area contributed by atoms with Gasteiger partial charge in [-0.1, -0.05) is 38.3 Å². The van der Waals surface area contributed by atoms with Crippen LogP contribution in [0.25, 0.3) is 0 Å². The summed E-state index contributed by atoms with van der Waals surface area (Å²) in [6, 6.07) is 0. The Balaban J connectivity index is 2.62. The first-order chi connectivity index (χ1) is 6.25. The summed E-state index contributed by atoms with van der Waals surface area (Å²) < 4.78 is 0. The first-order valence-corrected chi connectivity index (χ1v) is 5.56. The van der Waals surface area contributed by atoms with Gasteiger partial charge in [-0.05, 0) is 31.1 Å². The molecule has 2 unspecified atom stereocenters.